The molecule has 0 atom stereocenters. The van der Waals surface area contributed by atoms with E-state index in [9.17, 15) is 0 Å². The zero-order valence-corrected chi connectivity index (χ0v) is 35.8. The van der Waals surface area contributed by atoms with Gasteiger partial charge in [0.25, 0.3) is 0 Å². The summed E-state index contributed by atoms with van der Waals surface area (Å²) in [6.07, 6.45) is 0. The van der Waals surface area contributed by atoms with Crippen LogP contribution >= 0.6 is 11.3 Å². The Hall–Kier alpha value is -8.39. The fourth-order valence-electron chi connectivity index (χ4n) is 10.4. The minimum atomic E-state index is 0.563. The summed E-state index contributed by atoms with van der Waals surface area (Å²) in [5.74, 6) is 1.77. The normalized spacial score (nSPS) is 12.1. The molecule has 5 aromatic heterocycles. The van der Waals surface area contributed by atoms with E-state index in [-0.39, 0.29) is 0 Å². The van der Waals surface area contributed by atoms with Gasteiger partial charge in [0.2, 0.25) is 0 Å². The molecule has 7 heteroatoms. The average molecular weight is 850 g/mol. The van der Waals surface area contributed by atoms with E-state index >= 15 is 0 Å². The highest BCUT2D eigenvalue weighted by molar-refractivity contribution is 7.27. The smallest absolute Gasteiger partial charge is 0.168 e. The molecular formula is C58H35N5OS. The lowest BCUT2D eigenvalue weighted by Gasteiger charge is -2.16. The number of fused-ring (bicyclic) bond motifs is 15. The van der Waals surface area contributed by atoms with Crippen LogP contribution in [0.5, 0.6) is 0 Å². The van der Waals surface area contributed by atoms with Crippen molar-refractivity contribution in [3.8, 4) is 45.5 Å². The van der Waals surface area contributed by atoms with Gasteiger partial charge in [-0.25, -0.2) is 15.0 Å². The van der Waals surface area contributed by atoms with Crippen molar-refractivity contribution in [2.75, 3.05) is 0 Å². The first-order valence-corrected chi connectivity index (χ1v) is 22.7. The minimum Gasteiger partial charge on any atom is -0.455 e. The summed E-state index contributed by atoms with van der Waals surface area (Å²) in [5.41, 5.74) is 12.0. The van der Waals surface area contributed by atoms with Gasteiger partial charge in [0, 0.05) is 63.9 Å². The lowest BCUT2D eigenvalue weighted by Crippen LogP contribution is -2.03. The van der Waals surface area contributed by atoms with Gasteiger partial charge < -0.3 is 13.6 Å². The van der Waals surface area contributed by atoms with Crippen LogP contribution in [0.25, 0.3) is 131 Å². The van der Waals surface area contributed by atoms with E-state index < -0.39 is 0 Å². The Bertz CT molecular complexity index is 4180. The molecule has 0 radical (unpaired) electrons. The van der Waals surface area contributed by atoms with Gasteiger partial charge in [-0.1, -0.05) is 152 Å². The molecule has 14 aromatic rings. The SMILES string of the molecule is Cc1cc(-n2c3ccccc3c3c4sc5ccccc5c4c4c(c5ccccc5n4-c4ccccc4)c32)c2c(oc3ccccc32)c1-c1nc(-c2ccccc2)nc(-c2ccccc2)n1. The summed E-state index contributed by atoms with van der Waals surface area (Å²) in [7, 11) is 0. The Labute approximate surface area is 375 Å². The zero-order valence-electron chi connectivity index (χ0n) is 35.0. The number of para-hydroxylation sites is 4. The summed E-state index contributed by atoms with van der Waals surface area (Å²) in [5, 5.41) is 9.44. The monoisotopic (exact) mass is 849 g/mol. The van der Waals surface area contributed by atoms with Crippen molar-refractivity contribution in [1.29, 1.82) is 0 Å². The van der Waals surface area contributed by atoms with Gasteiger partial charge in [0.15, 0.2) is 17.5 Å². The number of aromatic nitrogens is 5. The van der Waals surface area contributed by atoms with Gasteiger partial charge >= 0.3 is 0 Å². The van der Waals surface area contributed by atoms with Crippen molar-refractivity contribution >= 4 is 97.1 Å². The Morgan fingerprint density at radius 2 is 0.954 bits per heavy atom. The van der Waals surface area contributed by atoms with Crippen LogP contribution in [0, 0.1) is 6.92 Å². The van der Waals surface area contributed by atoms with Crippen LogP contribution in [0.2, 0.25) is 0 Å². The van der Waals surface area contributed by atoms with Gasteiger partial charge in [-0.15, -0.1) is 11.3 Å². The minimum absolute atomic E-state index is 0.563. The molecule has 0 aliphatic rings. The molecule has 5 heterocycles. The van der Waals surface area contributed by atoms with Gasteiger partial charge in [0.05, 0.1) is 38.7 Å². The van der Waals surface area contributed by atoms with Gasteiger partial charge in [0.1, 0.15) is 11.2 Å². The fourth-order valence-corrected chi connectivity index (χ4v) is 11.6. The van der Waals surface area contributed by atoms with Crippen LogP contribution in [-0.4, -0.2) is 24.1 Å². The molecule has 0 aliphatic carbocycles. The molecule has 304 valence electrons. The second-order valence-corrected chi connectivity index (χ2v) is 17.8. The largest absolute Gasteiger partial charge is 0.455 e. The van der Waals surface area contributed by atoms with Gasteiger partial charge in [-0.2, -0.15) is 0 Å². The molecule has 0 amide bonds. The van der Waals surface area contributed by atoms with Crippen molar-refractivity contribution in [3.05, 3.63) is 200 Å². The summed E-state index contributed by atoms with van der Waals surface area (Å²) in [6.45, 7) is 2.16. The van der Waals surface area contributed by atoms with E-state index in [0.717, 1.165) is 61.1 Å². The fraction of sp³-hybridized carbons (Fsp3) is 0.0172. The number of hydrogen-bond donors (Lipinski definition) is 0. The highest BCUT2D eigenvalue weighted by Crippen LogP contribution is 2.52. The van der Waals surface area contributed by atoms with Gasteiger partial charge in [-0.3, -0.25) is 0 Å². The van der Waals surface area contributed by atoms with Crippen molar-refractivity contribution in [1.82, 2.24) is 24.1 Å². The standard InChI is InChI=1S/C58H35N5OS/c1-34-33-44(48-40-27-13-17-31-45(40)64-54(48)47(34)58-60-56(35-19-5-2-6-20-35)59-57(61-58)36-21-7-3-8-22-36)63-43-30-16-12-26-39(43)50-53(63)49-38-25-11-15-29-42(38)62(37-23-9-4-10-24-37)52(49)51-41-28-14-18-32-46(41)65-55(50)51/h2-33H,1H3. The maximum Gasteiger partial charge on any atom is 0.168 e. The molecule has 0 bridgehead atoms. The van der Waals surface area contributed by atoms with Crippen molar-refractivity contribution in [3.63, 3.8) is 0 Å². The maximum atomic E-state index is 7.09. The number of thiophene rings is 1. The topological polar surface area (TPSA) is 61.7 Å². The van der Waals surface area contributed by atoms with Crippen LogP contribution in [0.1, 0.15) is 5.56 Å². The van der Waals surface area contributed by atoms with E-state index in [2.05, 4.69) is 143 Å². The quantitative estimate of drug-likeness (QED) is 0.173. The number of furan rings is 1. The molecule has 0 unspecified atom stereocenters. The van der Waals surface area contributed by atoms with Crippen molar-refractivity contribution in [2.24, 2.45) is 0 Å². The highest BCUT2D eigenvalue weighted by Gasteiger charge is 2.29. The number of hydrogen-bond acceptors (Lipinski definition) is 5. The first kappa shape index (κ1) is 36.1. The third kappa shape index (κ3) is 5.18. The van der Waals surface area contributed by atoms with E-state index in [4.69, 9.17) is 19.4 Å². The summed E-state index contributed by atoms with van der Waals surface area (Å²) >= 11 is 1.89. The zero-order chi connectivity index (χ0) is 42.8. The number of benzene rings is 9. The average Bonchev–Trinajstić information content (AvgIpc) is 4.12. The number of rotatable bonds is 5. The number of aryl methyl sites for hydroxylation is 1. The van der Waals surface area contributed by atoms with E-state index in [0.29, 0.717) is 17.5 Å². The molecule has 14 rings (SSSR count). The molecule has 0 N–H and O–H groups in total. The molecule has 0 aliphatic heterocycles. The van der Waals surface area contributed by atoms with Crippen LogP contribution in [0.4, 0.5) is 0 Å². The number of nitrogens with zero attached hydrogens (tertiary/aromatic N) is 5. The summed E-state index contributed by atoms with van der Waals surface area (Å²) < 4.78 is 14.6. The summed E-state index contributed by atoms with van der Waals surface area (Å²) in [6, 6.07) is 68.5. The first-order chi connectivity index (χ1) is 32.2. The summed E-state index contributed by atoms with van der Waals surface area (Å²) in [4.78, 5) is 15.5. The van der Waals surface area contributed by atoms with Gasteiger partial charge in [-0.05, 0) is 55.0 Å². The highest BCUT2D eigenvalue weighted by atomic mass is 32.1. The molecule has 0 fully saturated rings. The first-order valence-electron chi connectivity index (χ1n) is 21.9. The third-order valence-corrected chi connectivity index (χ3v) is 14.2. The molecule has 6 nitrogen and oxygen atoms in total. The molecule has 0 spiro atoms. The lowest BCUT2D eigenvalue weighted by atomic mass is 10.00. The van der Waals surface area contributed by atoms with E-state index in [1.807, 2.05) is 78.1 Å². The van der Waals surface area contributed by atoms with Crippen LogP contribution < -0.4 is 0 Å². The maximum absolute atomic E-state index is 7.09. The Morgan fingerprint density at radius 3 is 1.65 bits per heavy atom. The predicted molar refractivity (Wildman–Crippen MR) is 270 cm³/mol. The Balaban J connectivity index is 1.18. The Kier molecular flexibility index (Phi) is 7.67. The molecule has 9 aromatic carbocycles. The van der Waals surface area contributed by atoms with E-state index in [1.54, 1.807) is 0 Å². The second-order valence-electron chi connectivity index (χ2n) is 16.7. The van der Waals surface area contributed by atoms with Crippen molar-refractivity contribution in [2.45, 2.75) is 6.92 Å². The van der Waals surface area contributed by atoms with Crippen LogP contribution in [-0.2, 0) is 0 Å². The molecule has 0 saturated heterocycles. The third-order valence-electron chi connectivity index (χ3n) is 13.1. The van der Waals surface area contributed by atoms with E-state index in [1.165, 1.54) is 58.3 Å². The molecule has 65 heavy (non-hydrogen) atoms. The van der Waals surface area contributed by atoms with Crippen molar-refractivity contribution < 1.29 is 4.42 Å². The predicted octanol–water partition coefficient (Wildman–Crippen LogP) is 15.6. The second kappa shape index (κ2) is 13.8. The van der Waals surface area contributed by atoms with Crippen LogP contribution in [0.3, 0.4) is 0 Å². The van der Waals surface area contributed by atoms with Crippen LogP contribution in [0.15, 0.2) is 199 Å². The molecule has 0 saturated carbocycles. The Morgan fingerprint density at radius 1 is 0.446 bits per heavy atom. The lowest BCUT2D eigenvalue weighted by molar-refractivity contribution is 0.669. The molecular weight excluding hydrogens is 815 g/mol.